The zero-order valence-electron chi connectivity index (χ0n) is 13.7. The van der Waals surface area contributed by atoms with E-state index in [1.165, 1.54) is 0 Å². The molecule has 1 aromatic heterocycles. The minimum Gasteiger partial charge on any atom is -0.478 e. The third-order valence-corrected chi connectivity index (χ3v) is 4.31. The smallest absolute Gasteiger partial charge is 0.337 e. The fourth-order valence-electron chi connectivity index (χ4n) is 3.16. The van der Waals surface area contributed by atoms with Crippen LogP contribution in [0.4, 0.5) is 0 Å². The van der Waals surface area contributed by atoms with Gasteiger partial charge in [-0.25, -0.2) is 9.78 Å². The number of aromatic carboxylic acids is 1. The normalized spacial score (nSPS) is 10.9. The lowest BCUT2D eigenvalue weighted by Crippen LogP contribution is -2.03. The number of nitrogens with zero attached hydrogens (tertiary/aromatic N) is 2. The molecule has 0 aliphatic rings. The van der Waals surface area contributed by atoms with Crippen LogP contribution in [0.15, 0.2) is 72.8 Å². The van der Waals surface area contributed by atoms with Crippen LogP contribution in [0.25, 0.3) is 27.8 Å². The van der Waals surface area contributed by atoms with Crippen molar-refractivity contribution in [3.63, 3.8) is 0 Å². The van der Waals surface area contributed by atoms with E-state index in [2.05, 4.69) is 17.1 Å². The fourth-order valence-corrected chi connectivity index (χ4v) is 3.16. The van der Waals surface area contributed by atoms with Crippen LogP contribution in [0.1, 0.15) is 16.2 Å². The van der Waals surface area contributed by atoms with Crippen molar-refractivity contribution in [2.45, 2.75) is 6.92 Å². The van der Waals surface area contributed by atoms with Crippen LogP contribution in [0, 0.1) is 6.92 Å². The van der Waals surface area contributed by atoms with E-state index in [0.29, 0.717) is 11.0 Å². The number of para-hydroxylation sites is 1. The summed E-state index contributed by atoms with van der Waals surface area (Å²) < 4.78 is 1.90. The Morgan fingerprint density at radius 2 is 1.56 bits per heavy atom. The first kappa shape index (κ1) is 15.1. The molecule has 4 nitrogen and oxygen atoms in total. The first-order chi connectivity index (χ1) is 12.1. The van der Waals surface area contributed by atoms with Gasteiger partial charge in [-0.05, 0) is 42.3 Å². The van der Waals surface area contributed by atoms with Crippen LogP contribution in [-0.2, 0) is 0 Å². The molecule has 3 aromatic carbocycles. The number of fused-ring (bicyclic) bond motifs is 1. The lowest BCUT2D eigenvalue weighted by molar-refractivity contribution is 0.0698. The number of imidazole rings is 1. The Hall–Kier alpha value is -3.40. The lowest BCUT2D eigenvalue weighted by atomic mass is 10.1. The fraction of sp³-hybridized carbons (Fsp3) is 0.0476. The highest BCUT2D eigenvalue weighted by molar-refractivity contribution is 6.01. The van der Waals surface area contributed by atoms with Crippen LogP contribution in [0.3, 0.4) is 0 Å². The highest BCUT2D eigenvalue weighted by Gasteiger charge is 2.16. The molecule has 0 saturated carbocycles. The van der Waals surface area contributed by atoms with Gasteiger partial charge in [-0.3, -0.25) is 4.57 Å². The monoisotopic (exact) mass is 328 g/mol. The highest BCUT2D eigenvalue weighted by atomic mass is 16.4. The molecule has 4 heteroatoms. The summed E-state index contributed by atoms with van der Waals surface area (Å²) >= 11 is 0. The summed E-state index contributed by atoms with van der Waals surface area (Å²) in [5.41, 5.74) is 4.72. The molecular formula is C21H16N2O2. The van der Waals surface area contributed by atoms with Crippen molar-refractivity contribution in [3.05, 3.63) is 84.2 Å². The standard InChI is InChI=1S/C21H16N2O2/c1-14-22-19-9-5-8-18(21(24)25)20(19)23(14)17-12-10-16(11-13-17)15-6-3-2-4-7-15/h2-13H,1H3,(H,24,25). The Balaban J connectivity index is 1.88. The van der Waals surface area contributed by atoms with E-state index >= 15 is 0 Å². The molecule has 4 aromatic rings. The molecule has 0 atom stereocenters. The SMILES string of the molecule is Cc1nc2cccc(C(=O)O)c2n1-c1ccc(-c2ccccc2)cc1. The topological polar surface area (TPSA) is 55.1 Å². The van der Waals surface area contributed by atoms with Crippen LogP contribution in [-0.4, -0.2) is 20.6 Å². The van der Waals surface area contributed by atoms with E-state index in [0.717, 1.165) is 22.6 Å². The van der Waals surface area contributed by atoms with E-state index in [4.69, 9.17) is 0 Å². The Morgan fingerprint density at radius 3 is 2.24 bits per heavy atom. The van der Waals surface area contributed by atoms with Crippen molar-refractivity contribution in [1.29, 1.82) is 0 Å². The number of carbonyl (C=O) groups is 1. The van der Waals surface area contributed by atoms with Gasteiger partial charge in [0.05, 0.1) is 16.6 Å². The molecule has 1 heterocycles. The third kappa shape index (κ3) is 2.58. The maximum Gasteiger partial charge on any atom is 0.337 e. The van der Waals surface area contributed by atoms with Crippen LogP contribution >= 0.6 is 0 Å². The molecule has 0 spiro atoms. The maximum absolute atomic E-state index is 11.6. The second-order valence-electron chi connectivity index (χ2n) is 5.89. The zero-order valence-corrected chi connectivity index (χ0v) is 13.7. The van der Waals surface area contributed by atoms with Crippen molar-refractivity contribution in [3.8, 4) is 16.8 Å². The van der Waals surface area contributed by atoms with Gasteiger partial charge in [0.2, 0.25) is 0 Å². The zero-order chi connectivity index (χ0) is 17.4. The maximum atomic E-state index is 11.6. The van der Waals surface area contributed by atoms with Gasteiger partial charge in [-0.2, -0.15) is 0 Å². The molecule has 0 aliphatic carbocycles. The van der Waals surface area contributed by atoms with Crippen molar-refractivity contribution in [1.82, 2.24) is 9.55 Å². The molecule has 0 amide bonds. The van der Waals surface area contributed by atoms with Gasteiger partial charge in [-0.15, -0.1) is 0 Å². The number of benzene rings is 3. The second-order valence-corrected chi connectivity index (χ2v) is 5.89. The van der Waals surface area contributed by atoms with Crippen molar-refractivity contribution in [2.75, 3.05) is 0 Å². The Morgan fingerprint density at radius 1 is 0.880 bits per heavy atom. The highest BCUT2D eigenvalue weighted by Crippen LogP contribution is 2.27. The number of aryl methyl sites for hydroxylation is 1. The van der Waals surface area contributed by atoms with Crippen LogP contribution < -0.4 is 0 Å². The summed E-state index contributed by atoms with van der Waals surface area (Å²) in [6, 6.07) is 23.4. The predicted octanol–water partition coefficient (Wildman–Crippen LogP) is 4.70. The number of rotatable bonds is 3. The largest absolute Gasteiger partial charge is 0.478 e. The summed E-state index contributed by atoms with van der Waals surface area (Å²) in [6.07, 6.45) is 0. The van der Waals surface area contributed by atoms with Gasteiger partial charge in [0, 0.05) is 5.69 Å². The molecule has 0 unspecified atom stereocenters. The van der Waals surface area contributed by atoms with Crippen molar-refractivity contribution >= 4 is 17.0 Å². The minimum absolute atomic E-state index is 0.255. The number of aromatic nitrogens is 2. The third-order valence-electron chi connectivity index (χ3n) is 4.31. The van der Waals surface area contributed by atoms with Gasteiger partial charge in [0.15, 0.2) is 0 Å². The average molecular weight is 328 g/mol. The Kier molecular flexibility index (Phi) is 3.58. The second kappa shape index (κ2) is 5.91. The quantitative estimate of drug-likeness (QED) is 0.593. The Labute approximate surface area is 145 Å². The summed E-state index contributed by atoms with van der Waals surface area (Å²) in [5, 5.41) is 9.52. The summed E-state index contributed by atoms with van der Waals surface area (Å²) in [6.45, 7) is 1.89. The van der Waals surface area contributed by atoms with E-state index in [-0.39, 0.29) is 5.56 Å². The van der Waals surface area contributed by atoms with Crippen LogP contribution in [0.2, 0.25) is 0 Å². The molecular weight excluding hydrogens is 312 g/mol. The molecule has 122 valence electrons. The van der Waals surface area contributed by atoms with Crippen molar-refractivity contribution < 1.29 is 9.90 Å². The van der Waals surface area contributed by atoms with Crippen LogP contribution in [0.5, 0.6) is 0 Å². The summed E-state index contributed by atoms with van der Waals surface area (Å²) in [7, 11) is 0. The summed E-state index contributed by atoms with van der Waals surface area (Å²) in [4.78, 5) is 16.1. The van der Waals surface area contributed by atoms with E-state index < -0.39 is 5.97 Å². The lowest BCUT2D eigenvalue weighted by Gasteiger charge is -2.10. The Bertz CT molecular complexity index is 1060. The molecule has 0 aliphatic heterocycles. The van der Waals surface area contributed by atoms with E-state index in [1.54, 1.807) is 12.1 Å². The number of carboxylic acids is 1. The molecule has 1 N–H and O–H groups in total. The molecule has 4 rings (SSSR count). The number of carboxylic acid groups (broad SMARTS) is 1. The molecule has 0 radical (unpaired) electrons. The first-order valence-corrected chi connectivity index (χ1v) is 8.02. The first-order valence-electron chi connectivity index (χ1n) is 8.02. The van der Waals surface area contributed by atoms with Gasteiger partial charge in [0.1, 0.15) is 5.82 Å². The van der Waals surface area contributed by atoms with Gasteiger partial charge in [-0.1, -0.05) is 48.5 Å². The average Bonchev–Trinajstić information content (AvgIpc) is 2.98. The number of hydrogen-bond donors (Lipinski definition) is 1. The molecule has 0 fully saturated rings. The van der Waals surface area contributed by atoms with Crippen molar-refractivity contribution in [2.24, 2.45) is 0 Å². The number of hydrogen-bond acceptors (Lipinski definition) is 2. The van der Waals surface area contributed by atoms with E-state index in [9.17, 15) is 9.90 Å². The molecule has 0 bridgehead atoms. The van der Waals surface area contributed by atoms with Gasteiger partial charge < -0.3 is 5.11 Å². The van der Waals surface area contributed by atoms with Gasteiger partial charge in [0.25, 0.3) is 0 Å². The molecule has 0 saturated heterocycles. The van der Waals surface area contributed by atoms with Gasteiger partial charge >= 0.3 is 5.97 Å². The summed E-state index contributed by atoms with van der Waals surface area (Å²) in [5.74, 6) is -0.191. The minimum atomic E-state index is -0.951. The molecule has 25 heavy (non-hydrogen) atoms. The predicted molar refractivity (Wildman–Crippen MR) is 98.2 cm³/mol. The van der Waals surface area contributed by atoms with E-state index in [1.807, 2.05) is 60.0 Å².